The van der Waals surface area contributed by atoms with E-state index in [2.05, 4.69) is 4.72 Å². The third-order valence-corrected chi connectivity index (χ3v) is 5.66. The summed E-state index contributed by atoms with van der Waals surface area (Å²) in [6.07, 6.45) is 2.19. The van der Waals surface area contributed by atoms with Gasteiger partial charge in [-0.15, -0.1) is 0 Å². The van der Waals surface area contributed by atoms with Crippen LogP contribution in [0, 0.1) is 11.2 Å². The highest BCUT2D eigenvalue weighted by Crippen LogP contribution is 2.38. The van der Waals surface area contributed by atoms with Crippen molar-refractivity contribution in [1.29, 1.82) is 0 Å². The molecular formula is C13H17ClFNO3S. The fourth-order valence-corrected chi connectivity index (χ4v) is 4.19. The lowest BCUT2D eigenvalue weighted by Crippen LogP contribution is -2.44. The van der Waals surface area contributed by atoms with Gasteiger partial charge in [-0.05, 0) is 31.0 Å². The number of nitrogens with one attached hydrogen (secondary N) is 1. The largest absolute Gasteiger partial charge is 0.396 e. The van der Waals surface area contributed by atoms with Gasteiger partial charge in [-0.3, -0.25) is 0 Å². The summed E-state index contributed by atoms with van der Waals surface area (Å²) in [6, 6.07) is 3.05. The zero-order valence-electron chi connectivity index (χ0n) is 11.1. The van der Waals surface area contributed by atoms with E-state index < -0.39 is 32.2 Å². The quantitative estimate of drug-likeness (QED) is 0.894. The third-order valence-electron chi connectivity index (χ3n) is 3.92. The van der Waals surface area contributed by atoms with Gasteiger partial charge in [-0.1, -0.05) is 24.9 Å². The molecule has 1 saturated carbocycles. The minimum Gasteiger partial charge on any atom is -0.396 e. The molecular weight excluding hydrogens is 305 g/mol. The van der Waals surface area contributed by atoms with E-state index in [4.69, 9.17) is 11.6 Å². The van der Waals surface area contributed by atoms with E-state index in [1.807, 2.05) is 6.92 Å². The molecule has 1 aromatic carbocycles. The molecule has 0 heterocycles. The number of benzene rings is 1. The van der Waals surface area contributed by atoms with E-state index in [1.165, 1.54) is 6.07 Å². The van der Waals surface area contributed by atoms with Gasteiger partial charge in [0.1, 0.15) is 10.7 Å². The van der Waals surface area contributed by atoms with Crippen LogP contribution in [0.15, 0.2) is 23.1 Å². The van der Waals surface area contributed by atoms with Crippen molar-refractivity contribution in [3.8, 4) is 0 Å². The van der Waals surface area contributed by atoms with Crippen LogP contribution in [0.5, 0.6) is 0 Å². The average molecular weight is 322 g/mol. The molecule has 1 aliphatic rings. The first-order valence-corrected chi connectivity index (χ1v) is 8.23. The van der Waals surface area contributed by atoms with Gasteiger partial charge in [0.05, 0.1) is 0 Å². The minimum atomic E-state index is -3.97. The van der Waals surface area contributed by atoms with Crippen LogP contribution < -0.4 is 4.72 Å². The number of sulfonamides is 1. The van der Waals surface area contributed by atoms with Crippen LogP contribution in [0.25, 0.3) is 0 Å². The second kappa shape index (κ2) is 5.60. The lowest BCUT2D eigenvalue weighted by atomic mass is 9.86. The van der Waals surface area contributed by atoms with Gasteiger partial charge in [0, 0.05) is 23.1 Å². The summed E-state index contributed by atoms with van der Waals surface area (Å²) >= 11 is 5.62. The standard InChI is InChI=1S/C13H17ClFNO3S/c1-13(8-17)6-2-3-12(13)16-20(18,19)11-5-4-9(14)7-10(11)15/h4-5,7,12,16-17H,2-3,6,8H2,1H3. The fraction of sp³-hybridized carbons (Fsp3) is 0.538. The molecule has 1 aliphatic carbocycles. The molecule has 2 N–H and O–H groups in total. The van der Waals surface area contributed by atoms with Gasteiger partial charge in [-0.25, -0.2) is 17.5 Å². The molecule has 0 aromatic heterocycles. The Hall–Kier alpha value is -0.690. The molecule has 2 unspecified atom stereocenters. The zero-order chi connectivity index (χ0) is 15.0. The molecule has 0 radical (unpaired) electrons. The Labute approximate surface area is 123 Å². The van der Waals surface area contributed by atoms with Crippen molar-refractivity contribution in [2.45, 2.75) is 37.1 Å². The summed E-state index contributed by atoms with van der Waals surface area (Å²) in [4.78, 5) is -0.422. The molecule has 7 heteroatoms. The van der Waals surface area contributed by atoms with Crippen molar-refractivity contribution in [2.75, 3.05) is 6.61 Å². The maximum Gasteiger partial charge on any atom is 0.243 e. The number of hydrogen-bond acceptors (Lipinski definition) is 3. The fourth-order valence-electron chi connectivity index (χ4n) is 2.57. The second-order valence-electron chi connectivity index (χ2n) is 5.45. The molecule has 1 fully saturated rings. The zero-order valence-corrected chi connectivity index (χ0v) is 12.6. The molecule has 1 aromatic rings. The van der Waals surface area contributed by atoms with Crippen molar-refractivity contribution in [1.82, 2.24) is 4.72 Å². The van der Waals surface area contributed by atoms with Crippen LogP contribution in [0.4, 0.5) is 4.39 Å². The predicted molar refractivity (Wildman–Crippen MR) is 74.6 cm³/mol. The van der Waals surface area contributed by atoms with Gasteiger partial charge in [-0.2, -0.15) is 0 Å². The van der Waals surface area contributed by atoms with Crippen LogP contribution in [0.1, 0.15) is 26.2 Å². The van der Waals surface area contributed by atoms with Crippen molar-refractivity contribution in [3.63, 3.8) is 0 Å². The average Bonchev–Trinajstić information content (AvgIpc) is 2.70. The highest BCUT2D eigenvalue weighted by atomic mass is 35.5. The molecule has 0 saturated heterocycles. The summed E-state index contributed by atoms with van der Waals surface area (Å²) in [5.41, 5.74) is -0.504. The number of rotatable bonds is 4. The first-order valence-electron chi connectivity index (χ1n) is 6.37. The summed E-state index contributed by atoms with van der Waals surface area (Å²) in [7, 11) is -3.97. The Morgan fingerprint density at radius 2 is 2.25 bits per heavy atom. The minimum absolute atomic E-state index is 0.108. The Morgan fingerprint density at radius 1 is 1.55 bits per heavy atom. The summed E-state index contributed by atoms with van der Waals surface area (Å²) < 4.78 is 40.7. The number of aliphatic hydroxyl groups is 1. The van der Waals surface area contributed by atoms with E-state index in [-0.39, 0.29) is 11.6 Å². The Bertz CT molecular complexity index is 608. The van der Waals surface area contributed by atoms with E-state index in [1.54, 1.807) is 0 Å². The monoisotopic (exact) mass is 321 g/mol. The molecule has 0 bridgehead atoms. The van der Waals surface area contributed by atoms with Crippen molar-refractivity contribution >= 4 is 21.6 Å². The predicted octanol–water partition coefficient (Wildman–Crippen LogP) is 2.31. The van der Waals surface area contributed by atoms with Crippen LogP contribution in [-0.2, 0) is 10.0 Å². The number of hydrogen-bond donors (Lipinski definition) is 2. The van der Waals surface area contributed by atoms with Gasteiger partial charge in [0.2, 0.25) is 10.0 Å². The maximum absolute atomic E-state index is 13.7. The first-order chi connectivity index (χ1) is 9.28. The highest BCUT2D eigenvalue weighted by molar-refractivity contribution is 7.89. The lowest BCUT2D eigenvalue weighted by molar-refractivity contribution is 0.127. The summed E-state index contributed by atoms with van der Waals surface area (Å²) in [5.74, 6) is -0.881. The van der Waals surface area contributed by atoms with Crippen molar-refractivity contribution in [3.05, 3.63) is 29.0 Å². The molecule has 112 valence electrons. The van der Waals surface area contributed by atoms with Crippen molar-refractivity contribution in [2.24, 2.45) is 5.41 Å². The van der Waals surface area contributed by atoms with Crippen LogP contribution in [-0.4, -0.2) is 26.2 Å². The van der Waals surface area contributed by atoms with E-state index in [0.29, 0.717) is 6.42 Å². The highest BCUT2D eigenvalue weighted by Gasteiger charge is 2.40. The Balaban J connectivity index is 2.28. The molecule has 0 amide bonds. The van der Waals surface area contributed by atoms with E-state index >= 15 is 0 Å². The smallest absolute Gasteiger partial charge is 0.243 e. The molecule has 4 nitrogen and oxygen atoms in total. The topological polar surface area (TPSA) is 66.4 Å². The number of aliphatic hydroxyl groups excluding tert-OH is 1. The molecule has 2 atom stereocenters. The molecule has 0 aliphatic heterocycles. The van der Waals surface area contributed by atoms with Crippen LogP contribution >= 0.6 is 11.6 Å². The molecule has 2 rings (SSSR count). The Kier molecular flexibility index (Phi) is 4.39. The molecule has 0 spiro atoms. The second-order valence-corrected chi connectivity index (χ2v) is 7.57. The van der Waals surface area contributed by atoms with Gasteiger partial charge >= 0.3 is 0 Å². The summed E-state index contributed by atoms with van der Waals surface area (Å²) in [6.45, 7) is 1.72. The Morgan fingerprint density at radius 3 is 2.85 bits per heavy atom. The number of halogens is 2. The maximum atomic E-state index is 13.7. The third kappa shape index (κ3) is 2.98. The normalized spacial score (nSPS) is 26.9. The first kappa shape index (κ1) is 15.7. The van der Waals surface area contributed by atoms with Crippen LogP contribution in [0.2, 0.25) is 5.02 Å². The van der Waals surface area contributed by atoms with Crippen molar-refractivity contribution < 1.29 is 17.9 Å². The lowest BCUT2D eigenvalue weighted by Gasteiger charge is -2.29. The van der Waals surface area contributed by atoms with E-state index in [9.17, 15) is 17.9 Å². The van der Waals surface area contributed by atoms with Crippen LogP contribution in [0.3, 0.4) is 0 Å². The van der Waals surface area contributed by atoms with Gasteiger partial charge < -0.3 is 5.11 Å². The van der Waals surface area contributed by atoms with E-state index in [0.717, 1.165) is 25.0 Å². The van der Waals surface area contributed by atoms with Gasteiger partial charge in [0.15, 0.2) is 0 Å². The molecule has 20 heavy (non-hydrogen) atoms. The summed E-state index contributed by atoms with van der Waals surface area (Å²) in [5, 5.41) is 9.57. The SMILES string of the molecule is CC1(CO)CCCC1NS(=O)(=O)c1ccc(Cl)cc1F. The van der Waals surface area contributed by atoms with Gasteiger partial charge in [0.25, 0.3) is 0 Å².